The molecule has 8 nitrogen and oxygen atoms in total. The highest BCUT2D eigenvalue weighted by molar-refractivity contribution is 5.94. The lowest BCUT2D eigenvalue weighted by Gasteiger charge is -2.13. The Morgan fingerprint density at radius 3 is 2.39 bits per heavy atom. The third-order valence-electron chi connectivity index (χ3n) is 4.10. The zero-order valence-corrected chi connectivity index (χ0v) is 15.6. The topological polar surface area (TPSA) is 98.1 Å². The zero-order chi connectivity index (χ0) is 19.9. The molecule has 2 aromatic carbocycles. The number of nitrogens with zero attached hydrogens (tertiary/aromatic N) is 3. The number of hydrogen-bond donors (Lipinski definition) is 2. The fraction of sp³-hybridized carbons (Fsp3) is 0.200. The van der Waals surface area contributed by atoms with Crippen molar-refractivity contribution in [3.05, 3.63) is 66.7 Å². The lowest BCUT2D eigenvalue weighted by atomic mass is 10.2. The molecule has 144 valence electrons. The zero-order valence-electron chi connectivity index (χ0n) is 15.6. The van der Waals surface area contributed by atoms with E-state index in [1.807, 2.05) is 31.2 Å². The van der Waals surface area contributed by atoms with Crippen molar-refractivity contribution in [2.45, 2.75) is 19.9 Å². The first-order valence-electron chi connectivity index (χ1n) is 8.76. The van der Waals surface area contributed by atoms with Gasteiger partial charge in [0.15, 0.2) is 6.61 Å². The van der Waals surface area contributed by atoms with E-state index in [-0.39, 0.29) is 18.4 Å². The highest BCUT2D eigenvalue weighted by Gasteiger charge is 2.15. The molecule has 28 heavy (non-hydrogen) atoms. The van der Waals surface area contributed by atoms with Gasteiger partial charge in [-0.15, -0.1) is 0 Å². The fourth-order valence-electron chi connectivity index (χ4n) is 2.48. The van der Waals surface area contributed by atoms with E-state index in [2.05, 4.69) is 20.7 Å². The third kappa shape index (κ3) is 4.94. The molecule has 1 atom stereocenters. The first-order chi connectivity index (χ1) is 13.5. The van der Waals surface area contributed by atoms with Crippen molar-refractivity contribution in [2.75, 3.05) is 17.2 Å². The number of rotatable bonds is 7. The van der Waals surface area contributed by atoms with Crippen LogP contribution in [-0.4, -0.2) is 33.2 Å². The average molecular weight is 379 g/mol. The molecule has 2 N–H and O–H groups in total. The molecule has 0 aliphatic heterocycles. The number of aryl methyl sites for hydroxylation is 1. The quantitative estimate of drug-likeness (QED) is 0.658. The Morgan fingerprint density at radius 2 is 1.75 bits per heavy atom. The van der Waals surface area contributed by atoms with Crippen LogP contribution in [0, 0.1) is 6.92 Å². The van der Waals surface area contributed by atoms with Crippen LogP contribution in [0.3, 0.4) is 0 Å². The molecule has 1 aromatic heterocycles. The molecular weight excluding hydrogens is 358 g/mol. The van der Waals surface area contributed by atoms with E-state index in [1.165, 1.54) is 17.3 Å². The summed E-state index contributed by atoms with van der Waals surface area (Å²) in [6.45, 7) is 3.57. The van der Waals surface area contributed by atoms with E-state index >= 15 is 0 Å². The van der Waals surface area contributed by atoms with Crippen LogP contribution in [-0.2, 0) is 9.59 Å². The van der Waals surface area contributed by atoms with Gasteiger partial charge in [0.1, 0.15) is 24.4 Å². The van der Waals surface area contributed by atoms with Crippen LogP contribution < -0.4 is 15.4 Å². The van der Waals surface area contributed by atoms with Gasteiger partial charge in [0.05, 0.1) is 0 Å². The molecular formula is C20H21N5O3. The van der Waals surface area contributed by atoms with Gasteiger partial charge in [-0.2, -0.15) is 5.10 Å². The summed E-state index contributed by atoms with van der Waals surface area (Å²) in [5.41, 5.74) is 2.20. The van der Waals surface area contributed by atoms with Crippen molar-refractivity contribution in [3.8, 4) is 5.75 Å². The summed E-state index contributed by atoms with van der Waals surface area (Å²) in [6.07, 6.45) is 2.87. The standard InChI is InChI=1S/C20H21N5O3/c1-14-5-3-4-6-18(14)28-11-19(26)23-16-7-9-17(10-8-16)24-20(27)15(2)25-13-21-12-22-25/h3-10,12-13,15H,11H2,1-2H3,(H,23,26)(H,24,27). The first kappa shape index (κ1) is 19.1. The number of hydrogen-bond acceptors (Lipinski definition) is 5. The minimum Gasteiger partial charge on any atom is -0.483 e. The Balaban J connectivity index is 1.50. The number of para-hydroxylation sites is 1. The van der Waals surface area contributed by atoms with Gasteiger partial charge in [-0.1, -0.05) is 18.2 Å². The van der Waals surface area contributed by atoms with Crippen molar-refractivity contribution in [1.82, 2.24) is 14.8 Å². The van der Waals surface area contributed by atoms with Crippen LogP contribution in [0.5, 0.6) is 5.75 Å². The van der Waals surface area contributed by atoms with Gasteiger partial charge in [0.2, 0.25) is 5.91 Å². The summed E-state index contributed by atoms with van der Waals surface area (Å²) in [5.74, 6) is 0.200. The van der Waals surface area contributed by atoms with Crippen molar-refractivity contribution in [1.29, 1.82) is 0 Å². The van der Waals surface area contributed by atoms with Gasteiger partial charge in [-0.25, -0.2) is 9.67 Å². The highest BCUT2D eigenvalue weighted by atomic mass is 16.5. The maximum atomic E-state index is 12.2. The van der Waals surface area contributed by atoms with Gasteiger partial charge in [0, 0.05) is 11.4 Å². The summed E-state index contributed by atoms with van der Waals surface area (Å²) >= 11 is 0. The monoisotopic (exact) mass is 379 g/mol. The SMILES string of the molecule is Cc1ccccc1OCC(=O)Nc1ccc(NC(=O)C(C)n2cncn2)cc1. The van der Waals surface area contributed by atoms with Crippen LogP contribution in [0.15, 0.2) is 61.2 Å². The molecule has 8 heteroatoms. The van der Waals surface area contributed by atoms with E-state index in [9.17, 15) is 9.59 Å². The summed E-state index contributed by atoms with van der Waals surface area (Å²) in [4.78, 5) is 28.1. The largest absolute Gasteiger partial charge is 0.483 e. The van der Waals surface area contributed by atoms with Gasteiger partial charge in [-0.3, -0.25) is 9.59 Å². The van der Waals surface area contributed by atoms with Gasteiger partial charge < -0.3 is 15.4 Å². The van der Waals surface area contributed by atoms with Crippen LogP contribution in [0.2, 0.25) is 0 Å². The van der Waals surface area contributed by atoms with E-state index in [1.54, 1.807) is 31.2 Å². The number of carbonyl (C=O) groups excluding carboxylic acids is 2. The molecule has 0 bridgehead atoms. The summed E-state index contributed by atoms with van der Waals surface area (Å²) in [6, 6.07) is 13.9. The van der Waals surface area contributed by atoms with Crippen molar-refractivity contribution >= 4 is 23.2 Å². The molecule has 0 saturated heterocycles. The molecule has 1 unspecified atom stereocenters. The molecule has 0 saturated carbocycles. The summed E-state index contributed by atoms with van der Waals surface area (Å²) in [5, 5.41) is 9.51. The molecule has 1 heterocycles. The molecule has 0 spiro atoms. The number of aromatic nitrogens is 3. The Bertz CT molecular complexity index is 939. The Morgan fingerprint density at radius 1 is 1.07 bits per heavy atom. The number of carbonyl (C=O) groups is 2. The van der Waals surface area contributed by atoms with Crippen LogP contribution in [0.1, 0.15) is 18.5 Å². The maximum absolute atomic E-state index is 12.2. The Hall–Kier alpha value is -3.68. The number of nitrogens with one attached hydrogen (secondary N) is 2. The van der Waals surface area contributed by atoms with Crippen molar-refractivity contribution < 1.29 is 14.3 Å². The molecule has 2 amide bonds. The minimum absolute atomic E-state index is 0.0846. The van der Waals surface area contributed by atoms with Crippen LogP contribution in [0.4, 0.5) is 11.4 Å². The van der Waals surface area contributed by atoms with Gasteiger partial charge in [0.25, 0.3) is 5.91 Å². The number of ether oxygens (including phenoxy) is 1. The maximum Gasteiger partial charge on any atom is 0.262 e. The molecule has 3 aromatic rings. The molecule has 0 fully saturated rings. The van der Waals surface area contributed by atoms with Crippen LogP contribution >= 0.6 is 0 Å². The second-order valence-corrected chi connectivity index (χ2v) is 6.22. The first-order valence-corrected chi connectivity index (χ1v) is 8.76. The number of amides is 2. The third-order valence-corrected chi connectivity index (χ3v) is 4.10. The van der Waals surface area contributed by atoms with E-state index in [0.29, 0.717) is 17.1 Å². The minimum atomic E-state index is -0.486. The van der Waals surface area contributed by atoms with E-state index in [4.69, 9.17) is 4.74 Å². The number of anilines is 2. The highest BCUT2D eigenvalue weighted by Crippen LogP contribution is 2.17. The Kier molecular flexibility index (Phi) is 6.01. The molecule has 0 radical (unpaired) electrons. The molecule has 0 aliphatic carbocycles. The Labute approximate surface area is 162 Å². The fourth-order valence-corrected chi connectivity index (χ4v) is 2.48. The average Bonchev–Trinajstić information content (AvgIpc) is 3.23. The predicted octanol–water partition coefficient (Wildman–Crippen LogP) is 2.80. The van der Waals surface area contributed by atoms with E-state index < -0.39 is 6.04 Å². The van der Waals surface area contributed by atoms with Gasteiger partial charge in [-0.05, 0) is 49.7 Å². The molecule has 0 aliphatic rings. The normalized spacial score (nSPS) is 11.5. The van der Waals surface area contributed by atoms with Crippen molar-refractivity contribution in [3.63, 3.8) is 0 Å². The smallest absolute Gasteiger partial charge is 0.262 e. The molecule has 3 rings (SSSR count). The summed E-state index contributed by atoms with van der Waals surface area (Å²) < 4.78 is 7.00. The number of benzene rings is 2. The summed E-state index contributed by atoms with van der Waals surface area (Å²) in [7, 11) is 0. The lowest BCUT2D eigenvalue weighted by molar-refractivity contribution is -0.119. The second-order valence-electron chi connectivity index (χ2n) is 6.22. The van der Waals surface area contributed by atoms with E-state index in [0.717, 1.165) is 5.56 Å². The predicted molar refractivity (Wildman–Crippen MR) is 105 cm³/mol. The van der Waals surface area contributed by atoms with Crippen molar-refractivity contribution in [2.24, 2.45) is 0 Å². The van der Waals surface area contributed by atoms with Gasteiger partial charge >= 0.3 is 0 Å². The lowest BCUT2D eigenvalue weighted by Crippen LogP contribution is -2.24. The van der Waals surface area contributed by atoms with Crippen LogP contribution in [0.25, 0.3) is 0 Å². The second kappa shape index (κ2) is 8.81.